The molecule has 0 bridgehead atoms. The van der Waals surface area contributed by atoms with Crippen LogP contribution in [0.15, 0.2) is 24.3 Å². The molecule has 5 heteroatoms. The molecule has 0 aliphatic heterocycles. The average molecular weight is 302 g/mol. The number of aryl methyl sites for hydroxylation is 2. The molecule has 2 N–H and O–H groups in total. The Morgan fingerprint density at radius 2 is 2.24 bits per heavy atom. The number of hydrogen-bond donors (Lipinski definition) is 2. The lowest BCUT2D eigenvalue weighted by Crippen LogP contribution is -2.10. The van der Waals surface area contributed by atoms with Crippen LogP contribution in [0.1, 0.15) is 47.0 Å². The van der Waals surface area contributed by atoms with Gasteiger partial charge in [-0.3, -0.25) is 4.79 Å². The van der Waals surface area contributed by atoms with Gasteiger partial charge in [-0.25, -0.2) is 4.98 Å². The van der Waals surface area contributed by atoms with Crippen molar-refractivity contribution in [2.45, 2.75) is 38.6 Å². The normalized spacial score (nSPS) is 18.3. The van der Waals surface area contributed by atoms with Crippen molar-refractivity contribution in [1.82, 2.24) is 4.98 Å². The van der Waals surface area contributed by atoms with Crippen molar-refractivity contribution in [2.75, 3.05) is 5.32 Å². The molecule has 2 atom stereocenters. The van der Waals surface area contributed by atoms with Gasteiger partial charge in [-0.1, -0.05) is 24.3 Å². The lowest BCUT2D eigenvalue weighted by Gasteiger charge is -2.15. The largest absolute Gasteiger partial charge is 0.481 e. The third-order valence-corrected chi connectivity index (χ3v) is 5.07. The minimum Gasteiger partial charge on any atom is -0.481 e. The van der Waals surface area contributed by atoms with E-state index in [4.69, 9.17) is 0 Å². The molecule has 2 unspecified atom stereocenters. The van der Waals surface area contributed by atoms with Crippen molar-refractivity contribution >= 4 is 22.4 Å². The summed E-state index contributed by atoms with van der Waals surface area (Å²) in [5.41, 5.74) is 3.24. The molecule has 1 heterocycles. The Balaban J connectivity index is 1.79. The lowest BCUT2D eigenvalue weighted by atomic mass is 10.0. The van der Waals surface area contributed by atoms with Crippen LogP contribution >= 0.6 is 11.3 Å². The van der Waals surface area contributed by atoms with Crippen molar-refractivity contribution in [3.05, 3.63) is 46.0 Å². The number of aromatic nitrogens is 1. The maximum atomic E-state index is 11.2. The van der Waals surface area contributed by atoms with Crippen LogP contribution in [0.2, 0.25) is 0 Å². The van der Waals surface area contributed by atoms with Gasteiger partial charge >= 0.3 is 5.97 Å². The van der Waals surface area contributed by atoms with Crippen LogP contribution in [-0.2, 0) is 11.2 Å². The van der Waals surface area contributed by atoms with E-state index in [1.165, 1.54) is 11.1 Å². The van der Waals surface area contributed by atoms with Gasteiger partial charge in [0.1, 0.15) is 5.92 Å². The third-order valence-electron chi connectivity index (χ3n) is 4.01. The number of fused-ring (bicyclic) bond motifs is 1. The van der Waals surface area contributed by atoms with E-state index in [1.807, 2.05) is 12.1 Å². The summed E-state index contributed by atoms with van der Waals surface area (Å²) in [4.78, 5) is 16.8. The molecule has 0 spiro atoms. The molecule has 2 aromatic rings. The molecule has 3 rings (SSSR count). The first-order chi connectivity index (χ1) is 10.1. The molecule has 1 aromatic carbocycles. The van der Waals surface area contributed by atoms with E-state index in [1.54, 1.807) is 11.3 Å². The maximum Gasteiger partial charge on any atom is 0.312 e. The molecule has 0 saturated heterocycles. The van der Waals surface area contributed by atoms with Crippen LogP contribution in [0.5, 0.6) is 0 Å². The summed E-state index contributed by atoms with van der Waals surface area (Å²) in [7, 11) is 0. The maximum absolute atomic E-state index is 11.2. The fourth-order valence-corrected chi connectivity index (χ4v) is 3.99. The molecule has 1 aliphatic rings. The number of aliphatic carboxylic acids is 1. The van der Waals surface area contributed by atoms with Gasteiger partial charge in [0.2, 0.25) is 0 Å². The number of carbonyl (C=O) groups is 1. The van der Waals surface area contributed by atoms with Crippen LogP contribution in [0.3, 0.4) is 0 Å². The highest BCUT2D eigenvalue weighted by Crippen LogP contribution is 2.39. The van der Waals surface area contributed by atoms with Crippen LogP contribution in [-0.4, -0.2) is 16.1 Å². The molecule has 4 nitrogen and oxygen atoms in total. The number of hydrogen-bond acceptors (Lipinski definition) is 4. The van der Waals surface area contributed by atoms with Crippen LogP contribution in [0.25, 0.3) is 0 Å². The van der Waals surface area contributed by atoms with Crippen LogP contribution in [0.4, 0.5) is 5.13 Å². The SMILES string of the molecule is Cc1ccccc1C(C)Nc1nc2c(s1)CCC2C(=O)O. The molecule has 21 heavy (non-hydrogen) atoms. The number of nitrogens with zero attached hydrogens (tertiary/aromatic N) is 1. The summed E-state index contributed by atoms with van der Waals surface area (Å²) in [5, 5.41) is 13.4. The van der Waals surface area contributed by atoms with E-state index >= 15 is 0 Å². The second-order valence-electron chi connectivity index (χ2n) is 5.48. The van der Waals surface area contributed by atoms with E-state index in [0.29, 0.717) is 6.42 Å². The fraction of sp³-hybridized carbons (Fsp3) is 0.375. The summed E-state index contributed by atoms with van der Waals surface area (Å²) < 4.78 is 0. The van der Waals surface area contributed by atoms with E-state index in [9.17, 15) is 9.90 Å². The van der Waals surface area contributed by atoms with E-state index in [0.717, 1.165) is 22.1 Å². The van der Waals surface area contributed by atoms with Crippen LogP contribution in [0, 0.1) is 6.92 Å². The van der Waals surface area contributed by atoms with E-state index in [2.05, 4.69) is 36.3 Å². The Morgan fingerprint density at radius 3 is 2.95 bits per heavy atom. The first kappa shape index (κ1) is 14.1. The summed E-state index contributed by atoms with van der Waals surface area (Å²) in [6.45, 7) is 4.19. The molecule has 1 aliphatic carbocycles. The molecule has 1 aromatic heterocycles. The van der Waals surface area contributed by atoms with Crippen molar-refractivity contribution in [3.63, 3.8) is 0 Å². The molecular weight excluding hydrogens is 284 g/mol. The van der Waals surface area contributed by atoms with Gasteiger partial charge in [0.05, 0.1) is 11.7 Å². The minimum absolute atomic E-state index is 0.153. The standard InChI is InChI=1S/C16H18N2O2S/c1-9-5-3-4-6-11(9)10(2)17-16-18-14-12(15(19)20)7-8-13(14)21-16/h3-6,10,12H,7-8H2,1-2H3,(H,17,18)(H,19,20). The lowest BCUT2D eigenvalue weighted by molar-refractivity contribution is -0.138. The Morgan fingerprint density at radius 1 is 1.48 bits per heavy atom. The zero-order valence-electron chi connectivity index (χ0n) is 12.1. The number of nitrogens with one attached hydrogen (secondary N) is 1. The number of thiazole rings is 1. The molecule has 0 radical (unpaired) electrons. The Labute approximate surface area is 127 Å². The number of anilines is 1. The van der Waals surface area contributed by atoms with Gasteiger partial charge in [-0.05, 0) is 37.8 Å². The number of carboxylic acids is 1. The quantitative estimate of drug-likeness (QED) is 0.903. The number of benzene rings is 1. The van der Waals surface area contributed by atoms with E-state index < -0.39 is 11.9 Å². The topological polar surface area (TPSA) is 62.2 Å². The van der Waals surface area contributed by atoms with Gasteiger partial charge < -0.3 is 10.4 Å². The summed E-state index contributed by atoms with van der Waals surface area (Å²) >= 11 is 1.59. The molecule has 0 fully saturated rings. The molecule has 0 saturated carbocycles. The predicted octanol–water partition coefficient (Wildman–Crippen LogP) is 3.74. The molecule has 0 amide bonds. The highest BCUT2D eigenvalue weighted by Gasteiger charge is 2.32. The smallest absolute Gasteiger partial charge is 0.312 e. The Hall–Kier alpha value is -1.88. The van der Waals surface area contributed by atoms with Gasteiger partial charge in [0.15, 0.2) is 5.13 Å². The predicted molar refractivity (Wildman–Crippen MR) is 84.0 cm³/mol. The second-order valence-corrected chi connectivity index (χ2v) is 6.56. The van der Waals surface area contributed by atoms with Crippen molar-refractivity contribution in [3.8, 4) is 0 Å². The monoisotopic (exact) mass is 302 g/mol. The summed E-state index contributed by atoms with van der Waals surface area (Å²) in [6, 6.07) is 8.41. The van der Waals surface area contributed by atoms with Gasteiger partial charge in [-0.2, -0.15) is 0 Å². The number of carboxylic acid groups (broad SMARTS) is 1. The Bertz CT molecular complexity index is 681. The minimum atomic E-state index is -0.766. The molecular formula is C16H18N2O2S. The average Bonchev–Trinajstić information content (AvgIpc) is 2.98. The zero-order valence-corrected chi connectivity index (χ0v) is 12.9. The van der Waals surface area contributed by atoms with Crippen molar-refractivity contribution in [2.24, 2.45) is 0 Å². The number of rotatable bonds is 4. The van der Waals surface area contributed by atoms with Crippen LogP contribution < -0.4 is 5.32 Å². The highest BCUT2D eigenvalue weighted by atomic mass is 32.1. The van der Waals surface area contributed by atoms with Crippen molar-refractivity contribution < 1.29 is 9.90 Å². The van der Waals surface area contributed by atoms with E-state index in [-0.39, 0.29) is 6.04 Å². The fourth-order valence-electron chi connectivity index (χ4n) is 2.86. The first-order valence-electron chi connectivity index (χ1n) is 7.10. The summed E-state index contributed by atoms with van der Waals surface area (Å²) in [6.07, 6.45) is 1.50. The van der Waals surface area contributed by atoms with Crippen molar-refractivity contribution in [1.29, 1.82) is 0 Å². The summed E-state index contributed by atoms with van der Waals surface area (Å²) in [5.74, 6) is -1.20. The second kappa shape index (κ2) is 5.48. The Kier molecular flexibility index (Phi) is 3.68. The van der Waals surface area contributed by atoms with Gasteiger partial charge in [-0.15, -0.1) is 11.3 Å². The highest BCUT2D eigenvalue weighted by molar-refractivity contribution is 7.15. The zero-order chi connectivity index (χ0) is 15.0. The third kappa shape index (κ3) is 2.65. The first-order valence-corrected chi connectivity index (χ1v) is 7.92. The molecule has 110 valence electrons. The van der Waals surface area contributed by atoms with Gasteiger partial charge in [0.25, 0.3) is 0 Å². The van der Waals surface area contributed by atoms with Gasteiger partial charge in [0, 0.05) is 4.88 Å².